The average Bonchev–Trinajstić information content (AvgIpc) is 2.61. The summed E-state index contributed by atoms with van der Waals surface area (Å²) < 4.78 is 5.45. The van der Waals surface area contributed by atoms with Gasteiger partial charge in [-0.25, -0.2) is 9.97 Å². The van der Waals surface area contributed by atoms with Crippen LogP contribution in [0, 0.1) is 0 Å². The summed E-state index contributed by atoms with van der Waals surface area (Å²) in [5.74, 6) is 0.352. The highest BCUT2D eigenvalue weighted by atomic mass is 16.5. The minimum Gasteiger partial charge on any atom is -0.478 e. The Hall–Kier alpha value is -3.22. The van der Waals surface area contributed by atoms with Crippen molar-refractivity contribution in [3.63, 3.8) is 0 Å². The Morgan fingerprint density at radius 1 is 1.21 bits per heavy atom. The zero-order valence-electron chi connectivity index (χ0n) is 12.9. The predicted molar refractivity (Wildman–Crippen MR) is 89.0 cm³/mol. The number of carbonyl (C=O) groups is 1. The van der Waals surface area contributed by atoms with E-state index in [1.807, 2.05) is 12.1 Å². The van der Waals surface area contributed by atoms with E-state index in [0.29, 0.717) is 42.0 Å². The third-order valence-electron chi connectivity index (χ3n) is 3.33. The molecule has 0 aliphatic rings. The molecular formula is C17H16N4O3. The Kier molecular flexibility index (Phi) is 4.81. The number of pyridine rings is 3. The Morgan fingerprint density at radius 2 is 2.12 bits per heavy atom. The average molecular weight is 324 g/mol. The molecule has 0 unspecified atom stereocenters. The van der Waals surface area contributed by atoms with Crippen LogP contribution in [0.4, 0.5) is 0 Å². The first kappa shape index (κ1) is 15.7. The molecule has 0 saturated carbocycles. The van der Waals surface area contributed by atoms with E-state index in [1.54, 1.807) is 24.4 Å². The van der Waals surface area contributed by atoms with Crippen LogP contribution in [0.5, 0.6) is 5.88 Å². The van der Waals surface area contributed by atoms with E-state index in [1.165, 1.54) is 12.3 Å². The molecule has 0 saturated heterocycles. The lowest BCUT2D eigenvalue weighted by molar-refractivity contribution is 0.0951. The maximum atomic E-state index is 12.1. The lowest BCUT2D eigenvalue weighted by Crippen LogP contribution is -2.25. The number of hydrogen-bond acceptors (Lipinski definition) is 5. The van der Waals surface area contributed by atoms with Crippen LogP contribution in [-0.4, -0.2) is 34.0 Å². The van der Waals surface area contributed by atoms with Crippen LogP contribution in [0.15, 0.2) is 53.6 Å². The summed E-state index contributed by atoms with van der Waals surface area (Å²) in [6.07, 6.45) is 3.77. The minimum absolute atomic E-state index is 0.214. The van der Waals surface area contributed by atoms with Gasteiger partial charge in [-0.1, -0.05) is 6.07 Å². The summed E-state index contributed by atoms with van der Waals surface area (Å²) in [6.45, 7) is 0.948. The number of nitrogens with zero attached hydrogens (tertiary/aromatic N) is 2. The fraction of sp³-hybridized carbons (Fsp3) is 0.176. The molecule has 0 aliphatic heterocycles. The van der Waals surface area contributed by atoms with Crippen molar-refractivity contribution < 1.29 is 9.53 Å². The topological polar surface area (TPSA) is 97.0 Å². The number of aromatic nitrogens is 3. The molecule has 0 radical (unpaired) electrons. The second-order valence-corrected chi connectivity index (χ2v) is 5.11. The number of nitrogens with one attached hydrogen (secondary N) is 2. The Morgan fingerprint density at radius 3 is 2.96 bits per heavy atom. The van der Waals surface area contributed by atoms with Crippen molar-refractivity contribution in [1.29, 1.82) is 0 Å². The van der Waals surface area contributed by atoms with Gasteiger partial charge in [-0.2, -0.15) is 0 Å². The molecule has 24 heavy (non-hydrogen) atoms. The fourth-order valence-electron chi connectivity index (χ4n) is 2.15. The van der Waals surface area contributed by atoms with Crippen LogP contribution < -0.4 is 15.6 Å². The van der Waals surface area contributed by atoms with Gasteiger partial charge in [-0.05, 0) is 24.6 Å². The van der Waals surface area contributed by atoms with Crippen molar-refractivity contribution >= 4 is 16.9 Å². The first-order valence-corrected chi connectivity index (χ1v) is 7.53. The lowest BCUT2D eigenvalue weighted by atomic mass is 10.2. The molecule has 3 aromatic heterocycles. The highest BCUT2D eigenvalue weighted by Gasteiger charge is 2.07. The molecule has 3 rings (SSSR count). The third-order valence-corrected chi connectivity index (χ3v) is 3.33. The maximum Gasteiger partial charge on any atom is 0.252 e. The second-order valence-electron chi connectivity index (χ2n) is 5.11. The summed E-state index contributed by atoms with van der Waals surface area (Å²) in [5.41, 5.74) is 0.683. The van der Waals surface area contributed by atoms with Gasteiger partial charge in [0.2, 0.25) is 11.4 Å². The van der Waals surface area contributed by atoms with Gasteiger partial charge in [0.05, 0.1) is 12.2 Å². The molecule has 2 N–H and O–H groups in total. The quantitative estimate of drug-likeness (QED) is 0.670. The van der Waals surface area contributed by atoms with Gasteiger partial charge in [-0.3, -0.25) is 9.59 Å². The molecule has 7 heteroatoms. The summed E-state index contributed by atoms with van der Waals surface area (Å²) >= 11 is 0. The van der Waals surface area contributed by atoms with Crippen LogP contribution >= 0.6 is 0 Å². The molecular weight excluding hydrogens is 308 g/mol. The molecule has 0 fully saturated rings. The summed E-state index contributed by atoms with van der Waals surface area (Å²) in [5, 5.41) is 3.52. The number of amides is 1. The lowest BCUT2D eigenvalue weighted by Gasteiger charge is -2.07. The van der Waals surface area contributed by atoms with E-state index in [0.717, 1.165) is 0 Å². The van der Waals surface area contributed by atoms with Crippen molar-refractivity contribution in [3.05, 3.63) is 64.7 Å². The smallest absolute Gasteiger partial charge is 0.252 e. The highest BCUT2D eigenvalue weighted by molar-refractivity contribution is 5.96. The monoisotopic (exact) mass is 324 g/mol. The first-order valence-electron chi connectivity index (χ1n) is 7.53. The molecule has 1 amide bonds. The second kappa shape index (κ2) is 7.36. The number of ether oxygens (including phenoxy) is 1. The van der Waals surface area contributed by atoms with Crippen molar-refractivity contribution in [1.82, 2.24) is 20.3 Å². The number of hydrogen-bond donors (Lipinski definition) is 2. The standard InChI is InChI=1S/C17H16N4O3/c22-14-6-5-12-10-13(11-20-16(12)21-14)17(23)19-8-3-9-24-15-4-1-2-7-18-15/h1-2,4-7,10-11H,3,8-9H2,(H,19,23)(H,20,21,22). The fourth-order valence-corrected chi connectivity index (χ4v) is 2.15. The van der Waals surface area contributed by atoms with Crippen molar-refractivity contribution in [2.75, 3.05) is 13.2 Å². The Labute approximate surface area is 137 Å². The van der Waals surface area contributed by atoms with Crippen LogP contribution in [0.3, 0.4) is 0 Å². The molecule has 3 aromatic rings. The highest BCUT2D eigenvalue weighted by Crippen LogP contribution is 2.09. The third kappa shape index (κ3) is 3.95. The van der Waals surface area contributed by atoms with E-state index < -0.39 is 0 Å². The molecule has 122 valence electrons. The van der Waals surface area contributed by atoms with Crippen LogP contribution in [0.25, 0.3) is 11.0 Å². The Bertz CT molecular complexity index is 893. The largest absolute Gasteiger partial charge is 0.478 e. The van der Waals surface area contributed by atoms with Gasteiger partial charge in [-0.15, -0.1) is 0 Å². The summed E-state index contributed by atoms with van der Waals surface area (Å²) in [6, 6.07) is 10.2. The van der Waals surface area contributed by atoms with Crippen molar-refractivity contribution in [3.8, 4) is 5.88 Å². The summed E-state index contributed by atoms with van der Waals surface area (Å²) in [4.78, 5) is 34.1. The zero-order chi connectivity index (χ0) is 16.8. The van der Waals surface area contributed by atoms with Crippen LogP contribution in [0.2, 0.25) is 0 Å². The SMILES string of the molecule is O=C(NCCCOc1ccccn1)c1cnc2[nH]c(=O)ccc2c1. The van der Waals surface area contributed by atoms with Crippen molar-refractivity contribution in [2.45, 2.75) is 6.42 Å². The van der Waals surface area contributed by atoms with E-state index in [4.69, 9.17) is 4.74 Å². The van der Waals surface area contributed by atoms with Crippen molar-refractivity contribution in [2.24, 2.45) is 0 Å². The van der Waals surface area contributed by atoms with E-state index >= 15 is 0 Å². The van der Waals surface area contributed by atoms with Gasteiger partial charge in [0.15, 0.2) is 0 Å². The predicted octanol–water partition coefficient (Wildman–Crippen LogP) is 1.52. The zero-order valence-corrected chi connectivity index (χ0v) is 12.9. The normalized spacial score (nSPS) is 10.5. The molecule has 0 aromatic carbocycles. The van der Waals surface area contributed by atoms with E-state index in [2.05, 4.69) is 20.3 Å². The van der Waals surface area contributed by atoms with Crippen LogP contribution in [0.1, 0.15) is 16.8 Å². The molecule has 0 aliphatic carbocycles. The molecule has 3 heterocycles. The maximum absolute atomic E-state index is 12.1. The van der Waals surface area contributed by atoms with E-state index in [9.17, 15) is 9.59 Å². The minimum atomic E-state index is -0.222. The van der Waals surface area contributed by atoms with Gasteiger partial charge >= 0.3 is 0 Å². The number of H-pyrrole nitrogens is 1. The Balaban J connectivity index is 1.50. The molecule has 0 bridgehead atoms. The van der Waals surface area contributed by atoms with E-state index in [-0.39, 0.29) is 11.5 Å². The molecule has 0 spiro atoms. The van der Waals surface area contributed by atoms with Gasteiger partial charge in [0.25, 0.3) is 5.91 Å². The number of fused-ring (bicyclic) bond motifs is 1. The summed E-state index contributed by atoms with van der Waals surface area (Å²) in [7, 11) is 0. The molecule has 7 nitrogen and oxygen atoms in total. The number of carbonyl (C=O) groups excluding carboxylic acids is 1. The van der Waals surface area contributed by atoms with Gasteiger partial charge < -0.3 is 15.0 Å². The molecule has 0 atom stereocenters. The van der Waals surface area contributed by atoms with Gasteiger partial charge in [0, 0.05) is 36.5 Å². The number of aromatic amines is 1. The number of rotatable bonds is 6. The van der Waals surface area contributed by atoms with Gasteiger partial charge in [0.1, 0.15) is 5.65 Å². The first-order chi connectivity index (χ1) is 11.7. The van der Waals surface area contributed by atoms with Crippen LogP contribution in [-0.2, 0) is 0 Å².